The van der Waals surface area contributed by atoms with Gasteiger partial charge in [0.05, 0.1) is 19.2 Å². The Hall–Kier alpha value is -1.01. The molecular weight excluding hydrogens is 290 g/mol. The average Bonchev–Trinajstić information content (AvgIpc) is 2.50. The highest BCUT2D eigenvalue weighted by molar-refractivity contribution is 6.33. The molecular formula is C15H24ClN3O2. The molecule has 1 saturated heterocycles. The summed E-state index contributed by atoms with van der Waals surface area (Å²) in [7, 11) is 5.34. The van der Waals surface area contributed by atoms with Gasteiger partial charge in [0.15, 0.2) is 11.5 Å². The molecule has 118 valence electrons. The van der Waals surface area contributed by atoms with Gasteiger partial charge >= 0.3 is 0 Å². The smallest absolute Gasteiger partial charge is 0.179 e. The summed E-state index contributed by atoms with van der Waals surface area (Å²) in [4.78, 5) is 4.69. The number of piperazine rings is 1. The highest BCUT2D eigenvalue weighted by atomic mass is 35.5. The number of methoxy groups -OCH3 is 2. The lowest BCUT2D eigenvalue weighted by atomic mass is 10.1. The Balaban J connectivity index is 2.19. The normalized spacial score (nSPS) is 20.5. The molecule has 1 aromatic carbocycles. The Kier molecular flexibility index (Phi) is 5.70. The Morgan fingerprint density at radius 2 is 2.05 bits per heavy atom. The maximum Gasteiger partial charge on any atom is 0.179 e. The lowest BCUT2D eigenvalue weighted by Crippen LogP contribution is -2.54. The van der Waals surface area contributed by atoms with Crippen LogP contribution in [0.15, 0.2) is 12.1 Å². The van der Waals surface area contributed by atoms with Gasteiger partial charge in [-0.3, -0.25) is 4.90 Å². The molecule has 2 N–H and O–H groups in total. The fraction of sp³-hybridized carbons (Fsp3) is 0.600. The number of benzene rings is 1. The highest BCUT2D eigenvalue weighted by Crippen LogP contribution is 2.37. The molecule has 1 heterocycles. The quantitative estimate of drug-likeness (QED) is 0.891. The summed E-state index contributed by atoms with van der Waals surface area (Å²) in [6, 6.07) is 4.25. The van der Waals surface area contributed by atoms with Crippen molar-refractivity contribution in [3.63, 3.8) is 0 Å². The molecule has 1 atom stereocenters. The summed E-state index contributed by atoms with van der Waals surface area (Å²) in [6.07, 6.45) is 0. The van der Waals surface area contributed by atoms with Crippen LogP contribution >= 0.6 is 11.6 Å². The molecule has 5 nitrogen and oxygen atoms in total. The third-order valence-corrected chi connectivity index (χ3v) is 4.43. The van der Waals surface area contributed by atoms with Crippen LogP contribution in [0.25, 0.3) is 0 Å². The number of nitrogens with two attached hydrogens (primary N) is 1. The minimum atomic E-state index is 0.355. The third kappa shape index (κ3) is 3.61. The van der Waals surface area contributed by atoms with Crippen molar-refractivity contribution in [2.45, 2.75) is 12.6 Å². The molecule has 1 fully saturated rings. The van der Waals surface area contributed by atoms with Gasteiger partial charge < -0.3 is 20.1 Å². The summed E-state index contributed by atoms with van der Waals surface area (Å²) in [5.41, 5.74) is 6.94. The van der Waals surface area contributed by atoms with Crippen LogP contribution in [-0.2, 0) is 6.54 Å². The van der Waals surface area contributed by atoms with Crippen LogP contribution < -0.4 is 15.2 Å². The first-order valence-electron chi connectivity index (χ1n) is 7.12. The van der Waals surface area contributed by atoms with E-state index in [-0.39, 0.29) is 0 Å². The maximum atomic E-state index is 6.46. The van der Waals surface area contributed by atoms with Crippen molar-refractivity contribution in [1.82, 2.24) is 9.80 Å². The van der Waals surface area contributed by atoms with Gasteiger partial charge in [-0.2, -0.15) is 0 Å². The first-order valence-corrected chi connectivity index (χ1v) is 7.50. The molecule has 0 aliphatic carbocycles. The van der Waals surface area contributed by atoms with E-state index in [4.69, 9.17) is 26.8 Å². The number of ether oxygens (including phenoxy) is 2. The van der Waals surface area contributed by atoms with Crippen molar-refractivity contribution in [3.8, 4) is 11.5 Å². The molecule has 0 saturated carbocycles. The largest absolute Gasteiger partial charge is 0.493 e. The second kappa shape index (κ2) is 7.31. The number of nitrogens with zero attached hydrogens (tertiary/aromatic N) is 2. The van der Waals surface area contributed by atoms with Gasteiger partial charge in [-0.05, 0) is 18.7 Å². The molecule has 6 heteroatoms. The van der Waals surface area contributed by atoms with E-state index in [2.05, 4.69) is 16.8 Å². The summed E-state index contributed by atoms with van der Waals surface area (Å²) >= 11 is 6.46. The summed E-state index contributed by atoms with van der Waals surface area (Å²) in [6.45, 7) is 4.44. The molecule has 0 radical (unpaired) electrons. The zero-order chi connectivity index (χ0) is 15.4. The van der Waals surface area contributed by atoms with Crippen LogP contribution in [0.3, 0.4) is 0 Å². The zero-order valence-corrected chi connectivity index (χ0v) is 13.7. The van der Waals surface area contributed by atoms with Crippen molar-refractivity contribution in [3.05, 3.63) is 22.7 Å². The second-order valence-electron chi connectivity index (χ2n) is 5.40. The first-order chi connectivity index (χ1) is 10.1. The minimum absolute atomic E-state index is 0.355. The number of rotatable bonds is 5. The predicted molar refractivity (Wildman–Crippen MR) is 85.3 cm³/mol. The van der Waals surface area contributed by atoms with E-state index in [1.165, 1.54) is 0 Å². The van der Waals surface area contributed by atoms with E-state index in [0.717, 1.165) is 31.7 Å². The Morgan fingerprint density at radius 3 is 2.67 bits per heavy atom. The number of hydrogen-bond acceptors (Lipinski definition) is 5. The molecule has 1 aromatic rings. The zero-order valence-electron chi connectivity index (χ0n) is 12.9. The average molecular weight is 314 g/mol. The third-order valence-electron chi connectivity index (χ3n) is 4.02. The van der Waals surface area contributed by atoms with Gasteiger partial charge in [0, 0.05) is 38.8 Å². The minimum Gasteiger partial charge on any atom is -0.493 e. The Morgan fingerprint density at radius 1 is 1.29 bits per heavy atom. The van der Waals surface area contributed by atoms with Gasteiger partial charge in [-0.25, -0.2) is 0 Å². The fourth-order valence-corrected chi connectivity index (χ4v) is 3.04. The first kappa shape index (κ1) is 16.4. The lowest BCUT2D eigenvalue weighted by Gasteiger charge is -2.39. The summed E-state index contributed by atoms with van der Waals surface area (Å²) < 4.78 is 10.6. The lowest BCUT2D eigenvalue weighted by molar-refractivity contribution is 0.0880. The van der Waals surface area contributed by atoms with Gasteiger partial charge in [-0.15, -0.1) is 0 Å². The summed E-state index contributed by atoms with van der Waals surface area (Å²) in [5.74, 6) is 1.25. The SMILES string of the molecule is COc1ccc(CN2CCN(C)CC2CN)c(Cl)c1OC. The van der Waals surface area contributed by atoms with Gasteiger partial charge in [0.2, 0.25) is 0 Å². The Labute approximate surface area is 131 Å². The van der Waals surface area contributed by atoms with Crippen molar-refractivity contribution in [2.75, 3.05) is 47.4 Å². The van der Waals surface area contributed by atoms with E-state index >= 15 is 0 Å². The van der Waals surface area contributed by atoms with Gasteiger partial charge in [0.25, 0.3) is 0 Å². The molecule has 1 aliphatic rings. The predicted octanol–water partition coefficient (Wildman–Crippen LogP) is 1.43. The van der Waals surface area contributed by atoms with Crippen LogP contribution in [0.2, 0.25) is 5.02 Å². The highest BCUT2D eigenvalue weighted by Gasteiger charge is 2.25. The second-order valence-corrected chi connectivity index (χ2v) is 5.77. The number of likely N-dealkylation sites (N-methyl/N-ethyl adjacent to an activating group) is 1. The topological polar surface area (TPSA) is 51.0 Å². The maximum absolute atomic E-state index is 6.46. The van der Waals surface area contributed by atoms with E-state index in [1.54, 1.807) is 14.2 Å². The molecule has 0 spiro atoms. The molecule has 2 rings (SSSR count). The summed E-state index contributed by atoms with van der Waals surface area (Å²) in [5, 5.41) is 0.617. The molecule has 21 heavy (non-hydrogen) atoms. The van der Waals surface area contributed by atoms with Crippen LogP contribution in [-0.4, -0.2) is 63.3 Å². The monoisotopic (exact) mass is 313 g/mol. The van der Waals surface area contributed by atoms with Crippen molar-refractivity contribution >= 4 is 11.6 Å². The number of hydrogen-bond donors (Lipinski definition) is 1. The molecule has 0 bridgehead atoms. The van der Waals surface area contributed by atoms with Crippen molar-refractivity contribution < 1.29 is 9.47 Å². The van der Waals surface area contributed by atoms with Crippen LogP contribution in [0.5, 0.6) is 11.5 Å². The van der Waals surface area contributed by atoms with Crippen LogP contribution in [0.1, 0.15) is 5.56 Å². The standard InChI is InChI=1S/C15H24ClN3O2/c1-18-6-7-19(12(8-17)10-18)9-11-4-5-13(20-2)15(21-3)14(11)16/h4-5,12H,6-10,17H2,1-3H3. The fourth-order valence-electron chi connectivity index (χ4n) is 2.75. The van der Waals surface area contributed by atoms with E-state index in [0.29, 0.717) is 29.1 Å². The van der Waals surface area contributed by atoms with E-state index < -0.39 is 0 Å². The van der Waals surface area contributed by atoms with Crippen LogP contribution in [0.4, 0.5) is 0 Å². The van der Waals surface area contributed by atoms with Crippen molar-refractivity contribution in [2.24, 2.45) is 5.73 Å². The van der Waals surface area contributed by atoms with Gasteiger partial charge in [0.1, 0.15) is 0 Å². The van der Waals surface area contributed by atoms with Gasteiger partial charge in [-0.1, -0.05) is 17.7 Å². The van der Waals surface area contributed by atoms with Crippen molar-refractivity contribution in [1.29, 1.82) is 0 Å². The molecule has 1 unspecified atom stereocenters. The Bertz CT molecular complexity index is 484. The van der Waals surface area contributed by atoms with E-state index in [9.17, 15) is 0 Å². The molecule has 0 amide bonds. The van der Waals surface area contributed by atoms with Crippen LogP contribution in [0, 0.1) is 0 Å². The number of halogens is 1. The molecule has 0 aromatic heterocycles. The van der Waals surface area contributed by atoms with E-state index in [1.807, 2.05) is 12.1 Å². The molecule has 1 aliphatic heterocycles.